The Hall–Kier alpha value is -4.31. The Morgan fingerprint density at radius 2 is 2.00 bits per heavy atom. The number of thiophene rings is 1. The number of fused-ring (bicyclic) bond motifs is 2. The van der Waals surface area contributed by atoms with Crippen molar-refractivity contribution in [2.24, 2.45) is 5.73 Å². The SMILES string of the molecule is COc1cc(C(=O)NCC(O)(c2cc3c(c(-c4csc(C(F)F)c4)n2)OC[C@]3(C)C(N)=O)C(F)(F)F)cc2cn(C3CC3)nc12. The van der Waals surface area contributed by atoms with Crippen LogP contribution in [0.3, 0.4) is 0 Å². The van der Waals surface area contributed by atoms with Crippen LogP contribution in [0.1, 0.15) is 58.7 Å². The maximum atomic E-state index is 14.7. The molecule has 4 aromatic rings. The number of methoxy groups -OCH3 is 1. The van der Waals surface area contributed by atoms with E-state index in [1.54, 1.807) is 10.9 Å². The molecule has 4 N–H and O–H groups in total. The number of nitrogens with two attached hydrogens (primary N) is 1. The van der Waals surface area contributed by atoms with Gasteiger partial charge in [-0.1, -0.05) is 0 Å². The Bertz CT molecular complexity index is 1840. The predicted molar refractivity (Wildman–Crippen MR) is 151 cm³/mol. The molecule has 1 aliphatic carbocycles. The summed E-state index contributed by atoms with van der Waals surface area (Å²) < 4.78 is 83.6. The minimum atomic E-state index is -5.41. The molecule has 0 radical (unpaired) electrons. The Morgan fingerprint density at radius 3 is 2.60 bits per heavy atom. The zero-order valence-corrected chi connectivity index (χ0v) is 24.6. The summed E-state index contributed by atoms with van der Waals surface area (Å²) in [7, 11) is 1.37. The molecule has 1 unspecified atom stereocenters. The van der Waals surface area contributed by atoms with Crippen molar-refractivity contribution in [1.82, 2.24) is 20.1 Å². The third-order valence-corrected chi connectivity index (χ3v) is 9.06. The molecule has 238 valence electrons. The summed E-state index contributed by atoms with van der Waals surface area (Å²) >= 11 is 0.650. The van der Waals surface area contributed by atoms with Crippen molar-refractivity contribution in [3.63, 3.8) is 0 Å². The molecular weight excluding hydrogens is 625 g/mol. The third kappa shape index (κ3) is 5.14. The first-order chi connectivity index (χ1) is 21.2. The summed E-state index contributed by atoms with van der Waals surface area (Å²) in [5, 5.41) is 19.7. The van der Waals surface area contributed by atoms with Crippen LogP contribution in [-0.4, -0.2) is 58.1 Å². The van der Waals surface area contributed by atoms with Crippen molar-refractivity contribution in [1.29, 1.82) is 0 Å². The molecule has 4 heterocycles. The molecule has 0 saturated heterocycles. The van der Waals surface area contributed by atoms with Gasteiger partial charge in [0.25, 0.3) is 12.3 Å². The van der Waals surface area contributed by atoms with E-state index in [1.807, 2.05) is 0 Å². The zero-order chi connectivity index (χ0) is 32.5. The van der Waals surface area contributed by atoms with Crippen LogP contribution >= 0.6 is 11.3 Å². The predicted octanol–water partition coefficient (Wildman–Crippen LogP) is 4.76. The van der Waals surface area contributed by atoms with Crippen LogP contribution in [0.25, 0.3) is 22.2 Å². The lowest BCUT2D eigenvalue weighted by Gasteiger charge is -2.31. The van der Waals surface area contributed by atoms with Gasteiger partial charge in [-0.15, -0.1) is 11.3 Å². The number of benzene rings is 1. The van der Waals surface area contributed by atoms with E-state index in [9.17, 15) is 36.6 Å². The van der Waals surface area contributed by atoms with E-state index < -0.39 is 47.7 Å². The number of rotatable bonds is 9. The summed E-state index contributed by atoms with van der Waals surface area (Å²) in [6, 6.07) is 4.88. The average molecular weight is 652 g/mol. The number of aliphatic hydroxyl groups is 1. The second-order valence-corrected chi connectivity index (χ2v) is 12.2. The summed E-state index contributed by atoms with van der Waals surface area (Å²) in [4.78, 5) is 29.3. The van der Waals surface area contributed by atoms with Crippen LogP contribution < -0.4 is 20.5 Å². The van der Waals surface area contributed by atoms with Gasteiger partial charge in [-0.05, 0) is 44.0 Å². The highest BCUT2D eigenvalue weighted by atomic mass is 32.1. The number of pyridine rings is 1. The molecule has 0 bridgehead atoms. The molecule has 1 aromatic carbocycles. The van der Waals surface area contributed by atoms with Crippen LogP contribution in [0.4, 0.5) is 22.0 Å². The third-order valence-electron chi connectivity index (χ3n) is 8.12. The van der Waals surface area contributed by atoms with Gasteiger partial charge in [-0.25, -0.2) is 13.8 Å². The summed E-state index contributed by atoms with van der Waals surface area (Å²) in [5.74, 6) is -1.78. The number of alkyl halides is 5. The quantitative estimate of drug-likeness (QED) is 0.222. The Labute approximate surface area is 255 Å². The zero-order valence-electron chi connectivity index (χ0n) is 23.7. The molecule has 3 aromatic heterocycles. The average Bonchev–Trinajstić information content (AvgIpc) is 3.39. The number of halogens is 5. The van der Waals surface area contributed by atoms with Gasteiger partial charge >= 0.3 is 6.18 Å². The highest BCUT2D eigenvalue weighted by Crippen LogP contribution is 2.48. The molecule has 6 rings (SSSR count). The topological polar surface area (TPSA) is 142 Å². The van der Waals surface area contributed by atoms with Crippen molar-refractivity contribution < 1.29 is 46.1 Å². The number of nitrogens with zero attached hydrogens (tertiary/aromatic N) is 3. The molecule has 1 fully saturated rings. The van der Waals surface area contributed by atoms with Crippen LogP contribution in [-0.2, 0) is 15.8 Å². The van der Waals surface area contributed by atoms with Crippen molar-refractivity contribution >= 4 is 34.1 Å². The molecule has 45 heavy (non-hydrogen) atoms. The lowest BCUT2D eigenvalue weighted by atomic mass is 9.82. The van der Waals surface area contributed by atoms with E-state index >= 15 is 0 Å². The number of hydrogen-bond donors (Lipinski definition) is 3. The van der Waals surface area contributed by atoms with E-state index in [2.05, 4.69) is 15.4 Å². The highest BCUT2D eigenvalue weighted by Gasteiger charge is 2.57. The molecule has 16 heteroatoms. The molecule has 10 nitrogen and oxygen atoms in total. The summed E-state index contributed by atoms with van der Waals surface area (Å²) in [6.45, 7) is -0.400. The van der Waals surface area contributed by atoms with Gasteiger partial charge in [-0.3, -0.25) is 14.3 Å². The van der Waals surface area contributed by atoms with Gasteiger partial charge in [0.1, 0.15) is 34.7 Å². The molecule has 0 spiro atoms. The first-order valence-corrected chi connectivity index (χ1v) is 14.5. The lowest BCUT2D eigenvalue weighted by Crippen LogP contribution is -2.51. The van der Waals surface area contributed by atoms with Crippen LogP contribution in [0, 0.1) is 0 Å². The molecule has 1 aliphatic heterocycles. The smallest absolute Gasteiger partial charge is 0.424 e. The second-order valence-electron chi connectivity index (χ2n) is 11.3. The fourth-order valence-electron chi connectivity index (χ4n) is 5.17. The number of carbonyl (C=O) groups is 2. The van der Waals surface area contributed by atoms with E-state index in [1.165, 1.54) is 31.5 Å². The van der Waals surface area contributed by atoms with Crippen LogP contribution in [0.2, 0.25) is 0 Å². The Balaban J connectivity index is 1.40. The number of aromatic nitrogens is 3. The number of primary amides is 1. The number of carbonyl (C=O) groups excluding carboxylic acids is 2. The molecule has 2 amide bonds. The van der Waals surface area contributed by atoms with Gasteiger partial charge in [-0.2, -0.15) is 18.3 Å². The normalized spacial score (nSPS) is 19.3. The second kappa shape index (κ2) is 10.7. The first kappa shape index (κ1) is 30.7. The Kier molecular flexibility index (Phi) is 7.27. The number of ether oxygens (including phenoxy) is 2. The highest BCUT2D eigenvalue weighted by molar-refractivity contribution is 7.10. The minimum Gasteiger partial charge on any atom is -0.494 e. The van der Waals surface area contributed by atoms with Crippen LogP contribution in [0.5, 0.6) is 11.5 Å². The van der Waals surface area contributed by atoms with Crippen molar-refractivity contribution in [2.75, 3.05) is 20.3 Å². The molecule has 2 atom stereocenters. The first-order valence-electron chi connectivity index (χ1n) is 13.7. The van der Waals surface area contributed by atoms with Crippen molar-refractivity contribution in [3.05, 3.63) is 57.5 Å². The molecule has 2 aliphatic rings. The van der Waals surface area contributed by atoms with Gasteiger partial charge < -0.3 is 25.6 Å². The van der Waals surface area contributed by atoms with Crippen molar-refractivity contribution in [2.45, 2.75) is 49.4 Å². The Morgan fingerprint density at radius 1 is 1.27 bits per heavy atom. The van der Waals surface area contributed by atoms with Crippen molar-refractivity contribution in [3.8, 4) is 22.8 Å². The fraction of sp³-hybridized carbons (Fsp3) is 0.379. The van der Waals surface area contributed by atoms with E-state index in [-0.39, 0.29) is 51.4 Å². The standard InChI is InChI=1S/C29H26F5N5O5S/c1-27(26(35)41)12-44-23-17(27)8-20(37-22(23)15-7-19(24(30)31)45-10-15)28(42,29(32,33)34)11-36-25(40)13-5-14-9-39(16-3-4-16)38-21(14)18(6-13)43-2/h5-10,16,24,42H,3-4,11-12H2,1-2H3,(H2,35,41)(H,36,40)/t27-,28?/m0/s1. The maximum Gasteiger partial charge on any atom is 0.424 e. The van der Waals surface area contributed by atoms with Gasteiger partial charge in [0.05, 0.1) is 30.3 Å². The number of amides is 2. The van der Waals surface area contributed by atoms with E-state index in [0.717, 1.165) is 25.0 Å². The molecule has 1 saturated carbocycles. The minimum absolute atomic E-state index is 0.0113. The van der Waals surface area contributed by atoms with Gasteiger partial charge in [0.2, 0.25) is 11.5 Å². The van der Waals surface area contributed by atoms with Crippen LogP contribution in [0.15, 0.2) is 35.8 Å². The monoisotopic (exact) mass is 651 g/mol. The molecular formula is C29H26F5N5O5S. The summed E-state index contributed by atoms with van der Waals surface area (Å²) in [6.07, 6.45) is -4.65. The fourth-order valence-corrected chi connectivity index (χ4v) is 5.91. The lowest BCUT2D eigenvalue weighted by molar-refractivity contribution is -0.265. The number of nitrogens with one attached hydrogen (secondary N) is 1. The van der Waals surface area contributed by atoms with Gasteiger partial charge in [0, 0.05) is 33.7 Å². The number of hydrogen-bond acceptors (Lipinski definition) is 8. The maximum absolute atomic E-state index is 14.7. The van der Waals surface area contributed by atoms with E-state index in [4.69, 9.17) is 15.2 Å². The largest absolute Gasteiger partial charge is 0.494 e. The van der Waals surface area contributed by atoms with E-state index in [0.29, 0.717) is 22.2 Å². The summed E-state index contributed by atoms with van der Waals surface area (Å²) in [5.41, 5.74) is -0.831. The van der Waals surface area contributed by atoms with Gasteiger partial charge in [0.15, 0.2) is 0 Å².